The number of hydrogen-bond acceptors (Lipinski definition) is 8. The number of hydrogen-bond donors (Lipinski definition) is 1. The van der Waals surface area contributed by atoms with Crippen molar-refractivity contribution in [2.75, 3.05) is 32.0 Å². The van der Waals surface area contributed by atoms with Crippen molar-refractivity contribution < 1.29 is 17.9 Å². The summed E-state index contributed by atoms with van der Waals surface area (Å²) in [6.07, 6.45) is 0.554. The van der Waals surface area contributed by atoms with Gasteiger partial charge in [-0.1, -0.05) is 12.1 Å². The highest BCUT2D eigenvalue weighted by Gasteiger charge is 2.32. The highest BCUT2D eigenvalue weighted by molar-refractivity contribution is 7.89. The Morgan fingerprint density at radius 2 is 1.77 bits per heavy atom. The number of morpholine rings is 1. The van der Waals surface area contributed by atoms with E-state index in [4.69, 9.17) is 9.72 Å². The quantitative estimate of drug-likeness (QED) is 0.354. The summed E-state index contributed by atoms with van der Waals surface area (Å²) in [4.78, 5) is 22.0. The van der Waals surface area contributed by atoms with E-state index in [2.05, 4.69) is 23.3 Å². The fourth-order valence-corrected chi connectivity index (χ4v) is 9.28. The van der Waals surface area contributed by atoms with Crippen LogP contribution in [-0.2, 0) is 27.7 Å². The molecule has 0 unspecified atom stereocenters. The second kappa shape index (κ2) is 10.4. The first-order valence-electron chi connectivity index (χ1n) is 12.9. The van der Waals surface area contributed by atoms with Crippen LogP contribution < -0.4 is 5.32 Å². The van der Waals surface area contributed by atoms with Crippen LogP contribution in [0, 0.1) is 0 Å². The van der Waals surface area contributed by atoms with E-state index in [1.807, 2.05) is 32.0 Å². The number of aromatic nitrogens is 1. The molecule has 11 heteroatoms. The van der Waals surface area contributed by atoms with Crippen molar-refractivity contribution in [3.63, 3.8) is 0 Å². The second-order valence-corrected chi connectivity index (χ2v) is 14.3. The molecule has 204 valence electrons. The van der Waals surface area contributed by atoms with Gasteiger partial charge in [-0.3, -0.25) is 4.79 Å². The third kappa shape index (κ3) is 5.15. The third-order valence-corrected chi connectivity index (χ3v) is 11.2. The lowest BCUT2D eigenvalue weighted by Gasteiger charge is -2.34. The number of fused-ring (bicyclic) bond motifs is 2. The van der Waals surface area contributed by atoms with Gasteiger partial charge < -0.3 is 15.0 Å². The number of nitrogens with one attached hydrogen (secondary N) is 1. The third-order valence-electron chi connectivity index (χ3n) is 7.12. The molecule has 1 fully saturated rings. The van der Waals surface area contributed by atoms with E-state index in [1.54, 1.807) is 34.8 Å². The minimum Gasteiger partial charge on any atom is -0.373 e. The summed E-state index contributed by atoms with van der Waals surface area (Å²) >= 11 is 3.23. The number of benzene rings is 2. The smallest absolute Gasteiger partial charge is 0.256 e. The van der Waals surface area contributed by atoms with E-state index in [1.165, 1.54) is 26.9 Å². The first kappa shape index (κ1) is 26.5. The van der Waals surface area contributed by atoms with Gasteiger partial charge in [-0.25, -0.2) is 13.4 Å². The molecule has 6 rings (SSSR count). The van der Waals surface area contributed by atoms with Gasteiger partial charge in [-0.2, -0.15) is 4.31 Å². The summed E-state index contributed by atoms with van der Waals surface area (Å²) < 4.78 is 34.7. The predicted octanol–water partition coefficient (Wildman–Crippen LogP) is 5.06. The number of ether oxygens (including phenoxy) is 1. The van der Waals surface area contributed by atoms with E-state index < -0.39 is 10.0 Å². The van der Waals surface area contributed by atoms with E-state index in [0.29, 0.717) is 18.7 Å². The number of rotatable bonds is 5. The number of carbonyl (C=O) groups excluding carboxylic acids is 1. The van der Waals surface area contributed by atoms with Crippen LogP contribution in [0.3, 0.4) is 0 Å². The van der Waals surface area contributed by atoms with Crippen LogP contribution in [0.5, 0.6) is 0 Å². The molecule has 1 N–H and O–H groups in total. The summed E-state index contributed by atoms with van der Waals surface area (Å²) in [5.74, 6) is -0.276. The zero-order valence-electron chi connectivity index (χ0n) is 22.0. The van der Waals surface area contributed by atoms with Crippen LogP contribution in [0.25, 0.3) is 20.8 Å². The summed E-state index contributed by atoms with van der Waals surface area (Å²) in [5.41, 5.74) is 3.61. The summed E-state index contributed by atoms with van der Waals surface area (Å²) in [6, 6.07) is 14.2. The monoisotopic (exact) mass is 582 g/mol. The normalized spacial score (nSPS) is 20.7. The number of para-hydroxylation sites is 1. The number of carbonyl (C=O) groups is 1. The lowest BCUT2D eigenvalue weighted by atomic mass is 10.0. The summed E-state index contributed by atoms with van der Waals surface area (Å²) in [6.45, 7) is 6.14. The molecule has 39 heavy (non-hydrogen) atoms. The first-order valence-corrected chi connectivity index (χ1v) is 16.0. The van der Waals surface area contributed by atoms with E-state index >= 15 is 0 Å². The molecular weight excluding hydrogens is 553 g/mol. The second-order valence-electron chi connectivity index (χ2n) is 10.2. The van der Waals surface area contributed by atoms with Gasteiger partial charge in [0.15, 0.2) is 0 Å². The molecule has 0 bridgehead atoms. The Balaban J connectivity index is 1.28. The molecule has 0 radical (unpaired) electrons. The van der Waals surface area contributed by atoms with E-state index in [-0.39, 0.29) is 23.0 Å². The molecule has 4 aromatic rings. The predicted molar refractivity (Wildman–Crippen MR) is 156 cm³/mol. The largest absolute Gasteiger partial charge is 0.373 e. The minimum absolute atomic E-state index is 0.171. The average molecular weight is 583 g/mol. The van der Waals surface area contributed by atoms with Crippen molar-refractivity contribution >= 4 is 53.8 Å². The molecule has 8 nitrogen and oxygen atoms in total. The molecule has 1 amide bonds. The number of amides is 1. The molecule has 0 aliphatic carbocycles. The van der Waals surface area contributed by atoms with Gasteiger partial charge in [0, 0.05) is 42.2 Å². The highest BCUT2D eigenvalue weighted by Crippen LogP contribution is 2.45. The number of nitrogens with zero attached hydrogens (tertiary/aromatic N) is 3. The highest BCUT2D eigenvalue weighted by atomic mass is 32.2. The van der Waals surface area contributed by atoms with Gasteiger partial charge in [0.1, 0.15) is 10.0 Å². The van der Waals surface area contributed by atoms with Gasteiger partial charge in [0.25, 0.3) is 5.91 Å². The Labute approximate surface area is 236 Å². The number of sulfonamides is 1. The van der Waals surface area contributed by atoms with Crippen molar-refractivity contribution in [2.24, 2.45) is 0 Å². The molecule has 2 aromatic carbocycles. The zero-order chi connectivity index (χ0) is 27.3. The lowest BCUT2D eigenvalue weighted by molar-refractivity contribution is -0.0440. The maximum Gasteiger partial charge on any atom is 0.256 e. The molecule has 1 saturated heterocycles. The maximum absolute atomic E-state index is 13.4. The molecule has 2 atom stereocenters. The average Bonchev–Trinajstić information content (AvgIpc) is 3.48. The number of thiazole rings is 1. The fourth-order valence-electron chi connectivity index (χ4n) is 5.25. The Morgan fingerprint density at radius 1 is 1.05 bits per heavy atom. The van der Waals surface area contributed by atoms with Crippen molar-refractivity contribution in [3.8, 4) is 10.6 Å². The Kier molecular flexibility index (Phi) is 7.07. The van der Waals surface area contributed by atoms with Crippen LogP contribution in [0.15, 0.2) is 53.4 Å². The summed E-state index contributed by atoms with van der Waals surface area (Å²) in [7, 11) is -1.58. The molecule has 2 aromatic heterocycles. The Bertz CT molecular complexity index is 1600. The van der Waals surface area contributed by atoms with E-state index in [0.717, 1.165) is 45.3 Å². The topological polar surface area (TPSA) is 91.8 Å². The van der Waals surface area contributed by atoms with Gasteiger partial charge in [-0.15, -0.1) is 22.7 Å². The van der Waals surface area contributed by atoms with Gasteiger partial charge >= 0.3 is 0 Å². The van der Waals surface area contributed by atoms with Gasteiger partial charge in [0.2, 0.25) is 10.0 Å². The first-order chi connectivity index (χ1) is 18.7. The van der Waals surface area contributed by atoms with Crippen molar-refractivity contribution in [1.82, 2.24) is 14.2 Å². The summed E-state index contributed by atoms with van der Waals surface area (Å²) in [5, 5.41) is 4.82. The van der Waals surface area contributed by atoms with Gasteiger partial charge in [-0.05, 0) is 69.3 Å². The SMILES string of the molecule is C[C@@H]1CN(S(=O)(=O)c2ccc(C(=O)Nc3sc4c(c3-c3nc5ccccc5s3)CCN(C)C4)cc2)C[C@@H](C)O1. The zero-order valence-corrected chi connectivity index (χ0v) is 24.5. The molecular formula is C28H30N4O4S3. The van der Waals surface area contributed by atoms with Crippen molar-refractivity contribution in [1.29, 1.82) is 0 Å². The van der Waals surface area contributed by atoms with E-state index in [9.17, 15) is 13.2 Å². The van der Waals surface area contributed by atoms with Crippen molar-refractivity contribution in [2.45, 2.75) is 43.9 Å². The molecule has 2 aliphatic heterocycles. The molecule has 0 saturated carbocycles. The lowest BCUT2D eigenvalue weighted by Crippen LogP contribution is -2.48. The fraction of sp³-hybridized carbons (Fsp3) is 0.357. The Hall–Kier alpha value is -2.67. The molecule has 2 aliphatic rings. The van der Waals surface area contributed by atoms with Gasteiger partial charge in [0.05, 0.1) is 27.3 Å². The molecule has 4 heterocycles. The number of likely N-dealkylation sites (N-methyl/N-ethyl adjacent to an activating group) is 1. The minimum atomic E-state index is -3.68. The standard InChI is InChI=1S/C28H30N4O4S3/c1-17-14-32(15-18(2)36-17)39(34,35)20-10-8-19(9-11-20)26(33)30-28-25(21-12-13-31(3)16-24(21)38-28)27-29-22-6-4-5-7-23(22)37-27/h4-11,17-18H,12-16H2,1-3H3,(H,30,33)/t17-,18-/m1/s1. The maximum atomic E-state index is 13.4. The molecule has 0 spiro atoms. The van der Waals surface area contributed by atoms with Crippen LogP contribution in [0.1, 0.15) is 34.6 Å². The van der Waals surface area contributed by atoms with Crippen LogP contribution in [-0.4, -0.2) is 67.4 Å². The van der Waals surface area contributed by atoms with Crippen LogP contribution in [0.2, 0.25) is 0 Å². The Morgan fingerprint density at radius 3 is 2.49 bits per heavy atom. The van der Waals surface area contributed by atoms with Crippen molar-refractivity contribution in [3.05, 3.63) is 64.5 Å². The van der Waals surface area contributed by atoms with Crippen LogP contribution in [0.4, 0.5) is 5.00 Å². The number of thiophene rings is 1. The van der Waals surface area contributed by atoms with Crippen LogP contribution >= 0.6 is 22.7 Å². The number of anilines is 1.